The monoisotopic (exact) mass is 283 g/mol. The van der Waals surface area contributed by atoms with Crippen LogP contribution in [-0.2, 0) is 13.0 Å². The normalized spacial score (nSPS) is 18.5. The van der Waals surface area contributed by atoms with E-state index in [4.69, 9.17) is 0 Å². The summed E-state index contributed by atoms with van der Waals surface area (Å²) in [6.07, 6.45) is 0.742. The number of halogens is 1. The smallest absolute Gasteiger partial charge is 0.126 e. The Balaban J connectivity index is 2.04. The molecule has 2 heteroatoms. The second-order valence-electron chi connectivity index (χ2n) is 5.78. The first-order chi connectivity index (χ1) is 10.2. The number of hydrogen-bond donors (Lipinski definition) is 0. The van der Waals surface area contributed by atoms with Gasteiger partial charge in [0.2, 0.25) is 0 Å². The van der Waals surface area contributed by atoms with E-state index in [0.717, 1.165) is 31.6 Å². The highest BCUT2D eigenvalue weighted by molar-refractivity contribution is 5.41. The maximum absolute atomic E-state index is 13.8. The van der Waals surface area contributed by atoms with Gasteiger partial charge in [0.15, 0.2) is 0 Å². The third-order valence-electron chi connectivity index (χ3n) is 4.57. The van der Waals surface area contributed by atoms with Gasteiger partial charge in [0.25, 0.3) is 0 Å². The van der Waals surface area contributed by atoms with E-state index in [1.807, 2.05) is 13.0 Å². The van der Waals surface area contributed by atoms with Crippen molar-refractivity contribution in [2.45, 2.75) is 32.7 Å². The van der Waals surface area contributed by atoms with Crippen LogP contribution in [0.3, 0.4) is 0 Å². The summed E-state index contributed by atoms with van der Waals surface area (Å²) in [6.45, 7) is 7.29. The molecular formula is C19H22FN. The first kappa shape index (κ1) is 14.3. The zero-order valence-corrected chi connectivity index (χ0v) is 12.8. The molecule has 0 aliphatic carbocycles. The van der Waals surface area contributed by atoms with Crippen LogP contribution >= 0.6 is 0 Å². The summed E-state index contributed by atoms with van der Waals surface area (Å²) in [5.74, 6) is 0.262. The summed E-state index contributed by atoms with van der Waals surface area (Å²) in [5.41, 5.74) is 4.85. The second kappa shape index (κ2) is 5.98. The molecular weight excluding hydrogens is 261 g/mol. The zero-order chi connectivity index (χ0) is 14.8. The van der Waals surface area contributed by atoms with Gasteiger partial charge in [-0.2, -0.15) is 0 Å². The summed E-state index contributed by atoms with van der Waals surface area (Å²) < 4.78 is 13.8. The molecule has 1 aliphatic heterocycles. The molecule has 0 aromatic heterocycles. The zero-order valence-electron chi connectivity index (χ0n) is 12.8. The van der Waals surface area contributed by atoms with E-state index < -0.39 is 0 Å². The Labute approximate surface area is 126 Å². The minimum Gasteiger partial charge on any atom is -0.298 e. The summed E-state index contributed by atoms with van der Waals surface area (Å²) in [6, 6.07) is 14.3. The van der Waals surface area contributed by atoms with Crippen molar-refractivity contribution in [3.8, 4) is 0 Å². The molecule has 1 unspecified atom stereocenters. The lowest BCUT2D eigenvalue weighted by molar-refractivity contribution is 0.253. The molecule has 1 atom stereocenters. The lowest BCUT2D eigenvalue weighted by atomic mass is 9.84. The largest absolute Gasteiger partial charge is 0.298 e. The Hall–Kier alpha value is -1.67. The van der Waals surface area contributed by atoms with Crippen molar-refractivity contribution in [2.24, 2.45) is 0 Å². The van der Waals surface area contributed by atoms with E-state index in [-0.39, 0.29) is 5.82 Å². The number of hydrogen-bond acceptors (Lipinski definition) is 1. The number of aryl methyl sites for hydroxylation is 1. The molecule has 2 aromatic carbocycles. The van der Waals surface area contributed by atoms with Gasteiger partial charge in [-0.1, -0.05) is 50.2 Å². The van der Waals surface area contributed by atoms with Gasteiger partial charge in [-0.05, 0) is 41.3 Å². The Kier molecular flexibility index (Phi) is 4.07. The molecule has 0 saturated carbocycles. The Bertz CT molecular complexity index is 635. The van der Waals surface area contributed by atoms with Gasteiger partial charge in [-0.3, -0.25) is 4.90 Å². The predicted molar refractivity (Wildman–Crippen MR) is 85.0 cm³/mol. The van der Waals surface area contributed by atoms with E-state index in [0.29, 0.717) is 5.92 Å². The van der Waals surface area contributed by atoms with Crippen LogP contribution in [0.25, 0.3) is 0 Å². The highest BCUT2D eigenvalue weighted by Gasteiger charge is 2.25. The van der Waals surface area contributed by atoms with Crippen molar-refractivity contribution in [3.63, 3.8) is 0 Å². The topological polar surface area (TPSA) is 3.24 Å². The van der Waals surface area contributed by atoms with Crippen LogP contribution < -0.4 is 0 Å². The van der Waals surface area contributed by atoms with Crippen LogP contribution in [0.15, 0.2) is 42.5 Å². The van der Waals surface area contributed by atoms with Gasteiger partial charge in [0, 0.05) is 19.0 Å². The highest BCUT2D eigenvalue weighted by atomic mass is 19.1. The first-order valence-electron chi connectivity index (χ1n) is 7.81. The van der Waals surface area contributed by atoms with Crippen LogP contribution in [0.2, 0.25) is 0 Å². The third-order valence-corrected chi connectivity index (χ3v) is 4.57. The summed E-state index contributed by atoms with van der Waals surface area (Å²) in [7, 11) is 0. The molecule has 0 N–H and O–H groups in total. The van der Waals surface area contributed by atoms with Gasteiger partial charge >= 0.3 is 0 Å². The Morgan fingerprint density at radius 3 is 2.71 bits per heavy atom. The van der Waals surface area contributed by atoms with Crippen molar-refractivity contribution in [1.29, 1.82) is 0 Å². The summed E-state index contributed by atoms with van der Waals surface area (Å²) in [4.78, 5) is 2.46. The van der Waals surface area contributed by atoms with Gasteiger partial charge in [-0.25, -0.2) is 4.39 Å². The van der Waals surface area contributed by atoms with Crippen molar-refractivity contribution in [1.82, 2.24) is 4.90 Å². The van der Waals surface area contributed by atoms with Crippen LogP contribution in [0, 0.1) is 5.82 Å². The minimum atomic E-state index is -0.0855. The van der Waals surface area contributed by atoms with E-state index >= 15 is 0 Å². The first-order valence-corrected chi connectivity index (χ1v) is 7.81. The molecule has 2 aromatic rings. The fourth-order valence-corrected chi connectivity index (χ4v) is 3.29. The van der Waals surface area contributed by atoms with Crippen LogP contribution in [0.4, 0.5) is 4.39 Å². The Morgan fingerprint density at radius 1 is 1.14 bits per heavy atom. The van der Waals surface area contributed by atoms with Gasteiger partial charge in [0.1, 0.15) is 5.82 Å². The summed E-state index contributed by atoms with van der Waals surface area (Å²) >= 11 is 0. The molecule has 1 aliphatic rings. The summed E-state index contributed by atoms with van der Waals surface area (Å²) in [5, 5.41) is 0. The third kappa shape index (κ3) is 2.73. The molecule has 0 spiro atoms. The molecule has 0 radical (unpaired) electrons. The average molecular weight is 283 g/mol. The fourth-order valence-electron chi connectivity index (χ4n) is 3.29. The van der Waals surface area contributed by atoms with E-state index in [1.165, 1.54) is 16.7 Å². The quantitative estimate of drug-likeness (QED) is 0.809. The van der Waals surface area contributed by atoms with E-state index in [1.54, 1.807) is 6.07 Å². The number of rotatable bonds is 3. The molecule has 110 valence electrons. The number of benzene rings is 2. The highest BCUT2D eigenvalue weighted by Crippen LogP contribution is 2.34. The number of likely N-dealkylation sites (N-methyl/N-ethyl adjacent to an activating group) is 1. The molecule has 0 amide bonds. The fraction of sp³-hybridized carbons (Fsp3) is 0.368. The van der Waals surface area contributed by atoms with Crippen molar-refractivity contribution in [2.75, 3.05) is 13.1 Å². The van der Waals surface area contributed by atoms with Crippen molar-refractivity contribution < 1.29 is 4.39 Å². The van der Waals surface area contributed by atoms with Crippen molar-refractivity contribution >= 4 is 0 Å². The molecule has 0 fully saturated rings. The average Bonchev–Trinajstić information content (AvgIpc) is 2.54. The van der Waals surface area contributed by atoms with Gasteiger partial charge in [-0.15, -0.1) is 0 Å². The molecule has 21 heavy (non-hydrogen) atoms. The standard InChI is InChI=1S/C19H22FN/c1-3-14-11-15(9-10-19(14)20)18-13-21(4-2)12-16-7-5-6-8-17(16)18/h5-11,18H,3-4,12-13H2,1-2H3. The predicted octanol–water partition coefficient (Wildman–Crippen LogP) is 4.36. The molecule has 0 bridgehead atoms. The van der Waals surface area contributed by atoms with Crippen molar-refractivity contribution in [3.05, 3.63) is 70.5 Å². The number of nitrogens with zero attached hydrogens (tertiary/aromatic N) is 1. The van der Waals surface area contributed by atoms with E-state index in [9.17, 15) is 4.39 Å². The lowest BCUT2D eigenvalue weighted by Crippen LogP contribution is -2.33. The lowest BCUT2D eigenvalue weighted by Gasteiger charge is -2.34. The molecule has 0 saturated heterocycles. The van der Waals surface area contributed by atoms with Gasteiger partial charge < -0.3 is 0 Å². The van der Waals surface area contributed by atoms with Gasteiger partial charge in [0.05, 0.1) is 0 Å². The number of fused-ring (bicyclic) bond motifs is 1. The minimum absolute atomic E-state index is 0.0855. The maximum atomic E-state index is 13.8. The second-order valence-corrected chi connectivity index (χ2v) is 5.78. The van der Waals surface area contributed by atoms with Crippen LogP contribution in [0.5, 0.6) is 0 Å². The van der Waals surface area contributed by atoms with Crippen LogP contribution in [-0.4, -0.2) is 18.0 Å². The molecule has 3 rings (SSSR count). The maximum Gasteiger partial charge on any atom is 0.126 e. The van der Waals surface area contributed by atoms with Crippen LogP contribution in [0.1, 0.15) is 42.0 Å². The Morgan fingerprint density at radius 2 is 1.95 bits per heavy atom. The molecule has 1 nitrogen and oxygen atoms in total. The SMILES string of the molecule is CCc1cc(C2CN(CC)Cc3ccccc32)ccc1F. The van der Waals surface area contributed by atoms with E-state index in [2.05, 4.69) is 42.2 Å². The molecule has 1 heterocycles.